The smallest absolute Gasteiger partial charge is 0.131 e. The van der Waals surface area contributed by atoms with Crippen molar-refractivity contribution in [3.63, 3.8) is 0 Å². The third-order valence-electron chi connectivity index (χ3n) is 4.95. The molecule has 1 aliphatic rings. The lowest BCUT2D eigenvalue weighted by Gasteiger charge is -2.36. The van der Waals surface area contributed by atoms with Gasteiger partial charge in [0.1, 0.15) is 18.2 Å². The number of aryl methyl sites for hydroxylation is 2. The molecule has 1 heterocycles. The van der Waals surface area contributed by atoms with Gasteiger partial charge in [-0.15, -0.1) is 0 Å². The molecule has 1 N–H and O–H groups in total. The summed E-state index contributed by atoms with van der Waals surface area (Å²) in [5.74, 6) is 1.39. The number of nitrogens with zero attached hydrogens (tertiary/aromatic N) is 2. The molecule has 0 aromatic heterocycles. The van der Waals surface area contributed by atoms with Gasteiger partial charge in [-0.05, 0) is 37.1 Å². The van der Waals surface area contributed by atoms with E-state index < -0.39 is 0 Å². The van der Waals surface area contributed by atoms with Gasteiger partial charge < -0.3 is 9.64 Å². The Morgan fingerprint density at radius 2 is 1.52 bits per heavy atom. The fourth-order valence-corrected chi connectivity index (χ4v) is 3.96. The number of nitrogens with one attached hydrogen (secondary N) is 1. The van der Waals surface area contributed by atoms with Gasteiger partial charge >= 0.3 is 0 Å². The second-order valence-corrected chi connectivity index (χ2v) is 7.66. The topological polar surface area (TPSA) is 39.6 Å². The quantitative estimate of drug-likeness (QED) is 0.581. The third-order valence-corrected chi connectivity index (χ3v) is 5.58. The average Bonchev–Trinajstić information content (AvgIpc) is 2.64. The van der Waals surface area contributed by atoms with Gasteiger partial charge in [0.05, 0.1) is 15.6 Å². The Kier molecular flexibility index (Phi) is 6.64. The number of piperazine rings is 1. The normalized spacial score (nSPS) is 15.0. The highest BCUT2D eigenvalue weighted by Gasteiger charge is 2.22. The van der Waals surface area contributed by atoms with Crippen LogP contribution in [0, 0.1) is 19.3 Å². The predicted octanol–water partition coefficient (Wildman–Crippen LogP) is 4.63. The molecule has 0 bridgehead atoms. The standard InChI is InChI=1S/C21H25Cl2N3O/c1-15-5-3-6-16(2)20(15)27-14-13-25-9-11-26(12-10-25)21(24)19-17(22)7-4-8-18(19)23/h3-8,24H,9-14H2,1-2H3. The van der Waals surface area contributed by atoms with Gasteiger partial charge in [-0.1, -0.05) is 47.5 Å². The van der Waals surface area contributed by atoms with Crippen LogP contribution in [-0.2, 0) is 0 Å². The Balaban J connectivity index is 1.50. The lowest BCUT2D eigenvalue weighted by atomic mass is 10.1. The summed E-state index contributed by atoms with van der Waals surface area (Å²) in [5, 5.41) is 9.53. The van der Waals surface area contributed by atoms with Crippen molar-refractivity contribution in [3.8, 4) is 5.75 Å². The number of amidine groups is 1. The molecule has 1 fully saturated rings. The minimum Gasteiger partial charge on any atom is -0.492 e. The van der Waals surface area contributed by atoms with E-state index in [9.17, 15) is 0 Å². The van der Waals surface area contributed by atoms with Crippen molar-refractivity contribution in [2.24, 2.45) is 0 Å². The number of ether oxygens (including phenoxy) is 1. The summed E-state index contributed by atoms with van der Waals surface area (Å²) in [5.41, 5.74) is 2.96. The zero-order valence-corrected chi connectivity index (χ0v) is 17.3. The van der Waals surface area contributed by atoms with Crippen molar-refractivity contribution in [1.29, 1.82) is 5.41 Å². The van der Waals surface area contributed by atoms with Gasteiger partial charge in [0, 0.05) is 32.7 Å². The first-order valence-electron chi connectivity index (χ1n) is 9.16. The largest absolute Gasteiger partial charge is 0.492 e. The second-order valence-electron chi connectivity index (χ2n) is 6.84. The zero-order valence-electron chi connectivity index (χ0n) is 15.8. The minimum atomic E-state index is 0.400. The number of para-hydroxylation sites is 1. The number of hydrogen-bond acceptors (Lipinski definition) is 3. The number of rotatable bonds is 5. The predicted molar refractivity (Wildman–Crippen MR) is 113 cm³/mol. The summed E-state index contributed by atoms with van der Waals surface area (Å²) >= 11 is 12.5. The molecule has 0 amide bonds. The van der Waals surface area contributed by atoms with E-state index in [2.05, 4.69) is 36.9 Å². The van der Waals surface area contributed by atoms with E-state index in [1.54, 1.807) is 18.2 Å². The first-order chi connectivity index (χ1) is 13.0. The van der Waals surface area contributed by atoms with Crippen molar-refractivity contribution in [2.75, 3.05) is 39.3 Å². The van der Waals surface area contributed by atoms with E-state index in [1.165, 1.54) is 11.1 Å². The molecule has 1 saturated heterocycles. The Morgan fingerprint density at radius 3 is 2.11 bits per heavy atom. The molecule has 0 spiro atoms. The van der Waals surface area contributed by atoms with Crippen molar-refractivity contribution in [3.05, 3.63) is 63.1 Å². The van der Waals surface area contributed by atoms with E-state index in [0.717, 1.165) is 38.5 Å². The maximum atomic E-state index is 8.48. The molecule has 3 rings (SSSR count). The van der Waals surface area contributed by atoms with Crippen LogP contribution in [0.25, 0.3) is 0 Å². The van der Waals surface area contributed by atoms with Crippen LogP contribution in [0.15, 0.2) is 36.4 Å². The molecule has 144 valence electrons. The summed E-state index contributed by atoms with van der Waals surface area (Å²) < 4.78 is 6.01. The summed E-state index contributed by atoms with van der Waals surface area (Å²) in [6.07, 6.45) is 0. The van der Waals surface area contributed by atoms with E-state index in [0.29, 0.717) is 28.1 Å². The molecular formula is C21H25Cl2N3O. The summed E-state index contributed by atoms with van der Waals surface area (Å²) in [4.78, 5) is 4.40. The maximum Gasteiger partial charge on any atom is 0.131 e. The zero-order chi connectivity index (χ0) is 19.4. The maximum absolute atomic E-state index is 8.48. The van der Waals surface area contributed by atoms with Crippen LogP contribution in [0.4, 0.5) is 0 Å². The average molecular weight is 406 g/mol. The van der Waals surface area contributed by atoms with Gasteiger partial charge in [-0.2, -0.15) is 0 Å². The lowest BCUT2D eigenvalue weighted by molar-refractivity contribution is 0.153. The Hall–Kier alpha value is -1.75. The van der Waals surface area contributed by atoms with Crippen molar-refractivity contribution in [2.45, 2.75) is 13.8 Å². The minimum absolute atomic E-state index is 0.400. The molecule has 1 aliphatic heterocycles. The van der Waals surface area contributed by atoms with Gasteiger partial charge in [0.15, 0.2) is 0 Å². The molecule has 0 saturated carbocycles. The molecule has 0 atom stereocenters. The fourth-order valence-electron chi connectivity index (χ4n) is 3.38. The van der Waals surface area contributed by atoms with Gasteiger partial charge in [-0.25, -0.2) is 0 Å². The second kappa shape index (κ2) is 8.96. The van der Waals surface area contributed by atoms with Crippen LogP contribution in [0.2, 0.25) is 10.0 Å². The van der Waals surface area contributed by atoms with Crippen LogP contribution < -0.4 is 4.74 Å². The number of benzene rings is 2. The molecule has 0 radical (unpaired) electrons. The first-order valence-corrected chi connectivity index (χ1v) is 9.92. The fraction of sp³-hybridized carbons (Fsp3) is 0.381. The molecular weight excluding hydrogens is 381 g/mol. The van der Waals surface area contributed by atoms with Gasteiger partial charge in [0.2, 0.25) is 0 Å². The van der Waals surface area contributed by atoms with Crippen LogP contribution in [-0.4, -0.2) is 55.0 Å². The van der Waals surface area contributed by atoms with Crippen molar-refractivity contribution in [1.82, 2.24) is 9.80 Å². The van der Waals surface area contributed by atoms with Gasteiger partial charge in [0.25, 0.3) is 0 Å². The Morgan fingerprint density at radius 1 is 0.963 bits per heavy atom. The highest BCUT2D eigenvalue weighted by atomic mass is 35.5. The third kappa shape index (κ3) is 4.75. The Bertz CT molecular complexity index is 777. The molecule has 4 nitrogen and oxygen atoms in total. The molecule has 6 heteroatoms. The summed E-state index contributed by atoms with van der Waals surface area (Å²) in [6.45, 7) is 9.04. The van der Waals surface area contributed by atoms with Gasteiger partial charge in [-0.3, -0.25) is 10.3 Å². The van der Waals surface area contributed by atoms with E-state index in [4.69, 9.17) is 33.3 Å². The summed E-state index contributed by atoms with van der Waals surface area (Å²) in [6, 6.07) is 11.6. The summed E-state index contributed by atoms with van der Waals surface area (Å²) in [7, 11) is 0. The van der Waals surface area contributed by atoms with E-state index in [1.807, 2.05) is 4.90 Å². The van der Waals surface area contributed by atoms with E-state index in [-0.39, 0.29) is 0 Å². The molecule has 0 unspecified atom stereocenters. The van der Waals surface area contributed by atoms with Crippen LogP contribution >= 0.6 is 23.2 Å². The van der Waals surface area contributed by atoms with Crippen molar-refractivity contribution < 1.29 is 4.74 Å². The van der Waals surface area contributed by atoms with E-state index >= 15 is 0 Å². The number of hydrogen-bond donors (Lipinski definition) is 1. The highest BCUT2D eigenvalue weighted by molar-refractivity contribution is 6.39. The molecule has 2 aromatic carbocycles. The SMILES string of the molecule is Cc1cccc(C)c1OCCN1CCN(C(=N)c2c(Cl)cccc2Cl)CC1. The number of halogens is 2. The van der Waals surface area contributed by atoms with Crippen LogP contribution in [0.1, 0.15) is 16.7 Å². The van der Waals surface area contributed by atoms with Crippen LogP contribution in [0.3, 0.4) is 0 Å². The van der Waals surface area contributed by atoms with Crippen molar-refractivity contribution >= 4 is 29.0 Å². The monoisotopic (exact) mass is 405 g/mol. The first kappa shape index (κ1) is 20.0. The van der Waals surface area contributed by atoms with Crippen LogP contribution in [0.5, 0.6) is 5.75 Å². The lowest BCUT2D eigenvalue weighted by Crippen LogP contribution is -2.49. The highest BCUT2D eigenvalue weighted by Crippen LogP contribution is 2.26. The molecule has 0 aliphatic carbocycles. The molecule has 27 heavy (non-hydrogen) atoms. The Labute approximate surface area is 171 Å². The molecule has 2 aromatic rings.